The molecule has 2 N–H and O–H groups in total. The molecule has 1 aromatic heterocycles. The highest BCUT2D eigenvalue weighted by Crippen LogP contribution is 2.19. The summed E-state index contributed by atoms with van der Waals surface area (Å²) in [6, 6.07) is 9.59. The lowest BCUT2D eigenvalue weighted by atomic mass is 10.2. The fourth-order valence-electron chi connectivity index (χ4n) is 1.44. The van der Waals surface area contributed by atoms with Crippen LogP contribution in [0.5, 0.6) is 11.6 Å². The van der Waals surface area contributed by atoms with Gasteiger partial charge in [0.2, 0.25) is 5.88 Å². The van der Waals surface area contributed by atoms with Crippen molar-refractivity contribution in [1.29, 1.82) is 0 Å². The number of nitrogens with zero attached hydrogens (tertiary/aromatic N) is 1. The summed E-state index contributed by atoms with van der Waals surface area (Å²) < 4.78 is 18.3. The molecule has 1 aromatic carbocycles. The van der Waals surface area contributed by atoms with Gasteiger partial charge in [0.25, 0.3) is 0 Å². The van der Waals surface area contributed by atoms with Crippen molar-refractivity contribution in [3.63, 3.8) is 0 Å². The van der Waals surface area contributed by atoms with Crippen molar-refractivity contribution >= 4 is 0 Å². The average molecular weight is 232 g/mol. The maximum Gasteiger partial charge on any atom is 0.219 e. The van der Waals surface area contributed by atoms with Crippen LogP contribution in [-0.2, 0) is 6.42 Å². The van der Waals surface area contributed by atoms with Crippen LogP contribution in [0.4, 0.5) is 4.39 Å². The van der Waals surface area contributed by atoms with Crippen LogP contribution in [-0.4, -0.2) is 11.5 Å². The standard InChI is InChI=1S/C13H13FN2O/c14-11-2-1-3-12(8-11)17-13-5-4-10(6-7-15)9-16-13/h1-5,8-9H,6-7,15H2. The molecule has 0 saturated heterocycles. The molecule has 3 nitrogen and oxygen atoms in total. The Morgan fingerprint density at radius 3 is 2.76 bits per heavy atom. The van der Waals surface area contributed by atoms with E-state index in [2.05, 4.69) is 4.98 Å². The first-order valence-electron chi connectivity index (χ1n) is 5.36. The predicted octanol–water partition coefficient (Wildman–Crippen LogP) is 2.51. The van der Waals surface area contributed by atoms with Crippen LogP contribution in [0.1, 0.15) is 5.56 Å². The van der Waals surface area contributed by atoms with Crippen LogP contribution >= 0.6 is 0 Å². The number of pyridine rings is 1. The molecule has 0 unspecified atom stereocenters. The third kappa shape index (κ3) is 3.26. The zero-order valence-corrected chi connectivity index (χ0v) is 9.27. The summed E-state index contributed by atoms with van der Waals surface area (Å²) in [5.74, 6) is 0.544. The smallest absolute Gasteiger partial charge is 0.219 e. The number of benzene rings is 1. The van der Waals surface area contributed by atoms with Gasteiger partial charge in [-0.2, -0.15) is 0 Å². The van der Waals surface area contributed by atoms with Crippen molar-refractivity contribution in [2.24, 2.45) is 5.73 Å². The Bertz CT molecular complexity index is 485. The van der Waals surface area contributed by atoms with E-state index in [4.69, 9.17) is 10.5 Å². The van der Waals surface area contributed by atoms with Crippen LogP contribution in [0.3, 0.4) is 0 Å². The summed E-state index contributed by atoms with van der Waals surface area (Å²) in [5, 5.41) is 0. The van der Waals surface area contributed by atoms with Crippen molar-refractivity contribution in [2.45, 2.75) is 6.42 Å². The predicted molar refractivity (Wildman–Crippen MR) is 63.5 cm³/mol. The maximum absolute atomic E-state index is 12.9. The first kappa shape index (κ1) is 11.5. The van der Waals surface area contributed by atoms with E-state index in [1.54, 1.807) is 24.4 Å². The summed E-state index contributed by atoms with van der Waals surface area (Å²) >= 11 is 0. The van der Waals surface area contributed by atoms with Crippen LogP contribution in [0.25, 0.3) is 0 Å². The minimum atomic E-state index is -0.331. The molecule has 0 amide bonds. The number of rotatable bonds is 4. The van der Waals surface area contributed by atoms with Gasteiger partial charge in [-0.25, -0.2) is 9.37 Å². The number of nitrogens with two attached hydrogens (primary N) is 1. The number of halogens is 1. The quantitative estimate of drug-likeness (QED) is 0.881. The fraction of sp³-hybridized carbons (Fsp3) is 0.154. The van der Waals surface area contributed by atoms with E-state index in [9.17, 15) is 4.39 Å². The molecule has 0 aliphatic carbocycles. The monoisotopic (exact) mass is 232 g/mol. The molecule has 17 heavy (non-hydrogen) atoms. The van der Waals surface area contributed by atoms with Gasteiger partial charge in [-0.3, -0.25) is 0 Å². The lowest BCUT2D eigenvalue weighted by Gasteiger charge is -2.05. The Hall–Kier alpha value is -1.94. The van der Waals surface area contributed by atoms with Crippen LogP contribution in [0, 0.1) is 5.82 Å². The third-order valence-electron chi connectivity index (χ3n) is 2.25. The number of aromatic nitrogens is 1. The lowest BCUT2D eigenvalue weighted by molar-refractivity contribution is 0.457. The molecular weight excluding hydrogens is 219 g/mol. The Kier molecular flexibility index (Phi) is 3.67. The van der Waals surface area contributed by atoms with Crippen molar-refractivity contribution in [1.82, 2.24) is 4.98 Å². The second-order valence-corrected chi connectivity index (χ2v) is 3.60. The molecule has 1 heterocycles. The number of hydrogen-bond acceptors (Lipinski definition) is 3. The molecule has 0 aliphatic heterocycles. The van der Waals surface area contributed by atoms with Crippen LogP contribution < -0.4 is 10.5 Å². The van der Waals surface area contributed by atoms with E-state index < -0.39 is 0 Å². The molecule has 0 aliphatic rings. The first-order chi connectivity index (χ1) is 8.28. The van der Waals surface area contributed by atoms with E-state index in [1.165, 1.54) is 12.1 Å². The molecule has 4 heteroatoms. The number of ether oxygens (including phenoxy) is 1. The molecule has 0 saturated carbocycles. The van der Waals surface area contributed by atoms with E-state index >= 15 is 0 Å². The fourth-order valence-corrected chi connectivity index (χ4v) is 1.44. The minimum absolute atomic E-state index is 0.331. The largest absolute Gasteiger partial charge is 0.439 e. The Morgan fingerprint density at radius 2 is 2.12 bits per heavy atom. The van der Waals surface area contributed by atoms with Crippen LogP contribution in [0.2, 0.25) is 0 Å². The van der Waals surface area contributed by atoms with Gasteiger partial charge in [0.1, 0.15) is 11.6 Å². The van der Waals surface area contributed by atoms with Gasteiger partial charge < -0.3 is 10.5 Å². The van der Waals surface area contributed by atoms with Gasteiger partial charge in [-0.1, -0.05) is 12.1 Å². The SMILES string of the molecule is NCCc1ccc(Oc2cccc(F)c2)nc1. The Balaban J connectivity index is 2.08. The summed E-state index contributed by atoms with van der Waals surface area (Å²) in [5.41, 5.74) is 6.49. The molecule has 0 bridgehead atoms. The summed E-state index contributed by atoms with van der Waals surface area (Å²) in [4.78, 5) is 4.12. The molecule has 0 spiro atoms. The van der Waals surface area contributed by atoms with E-state index in [-0.39, 0.29) is 5.82 Å². The average Bonchev–Trinajstić information content (AvgIpc) is 2.32. The third-order valence-corrected chi connectivity index (χ3v) is 2.25. The van der Waals surface area contributed by atoms with E-state index in [0.29, 0.717) is 18.2 Å². The van der Waals surface area contributed by atoms with E-state index in [1.807, 2.05) is 6.07 Å². The molecule has 2 rings (SSSR count). The summed E-state index contributed by atoms with van der Waals surface area (Å²) in [7, 11) is 0. The Labute approximate surface area is 99.1 Å². The number of hydrogen-bond donors (Lipinski definition) is 1. The normalized spacial score (nSPS) is 10.2. The molecule has 0 atom stereocenters. The van der Waals surface area contributed by atoms with Crippen LogP contribution in [0.15, 0.2) is 42.6 Å². The molecule has 0 radical (unpaired) electrons. The zero-order valence-electron chi connectivity index (χ0n) is 9.27. The Morgan fingerprint density at radius 1 is 1.24 bits per heavy atom. The highest BCUT2D eigenvalue weighted by molar-refractivity contribution is 5.28. The minimum Gasteiger partial charge on any atom is -0.439 e. The second kappa shape index (κ2) is 5.41. The second-order valence-electron chi connectivity index (χ2n) is 3.60. The first-order valence-corrected chi connectivity index (χ1v) is 5.36. The van der Waals surface area contributed by atoms with Gasteiger partial charge in [0, 0.05) is 18.3 Å². The van der Waals surface area contributed by atoms with Crippen molar-refractivity contribution < 1.29 is 9.13 Å². The summed E-state index contributed by atoms with van der Waals surface area (Å²) in [6.07, 6.45) is 2.49. The van der Waals surface area contributed by atoms with Crippen molar-refractivity contribution in [3.05, 3.63) is 54.0 Å². The highest BCUT2D eigenvalue weighted by Gasteiger charge is 2.00. The molecule has 0 fully saturated rings. The summed E-state index contributed by atoms with van der Waals surface area (Å²) in [6.45, 7) is 0.589. The molecule has 88 valence electrons. The van der Waals surface area contributed by atoms with Gasteiger partial charge in [0.15, 0.2) is 0 Å². The lowest BCUT2D eigenvalue weighted by Crippen LogP contribution is -2.02. The van der Waals surface area contributed by atoms with Crippen molar-refractivity contribution in [2.75, 3.05) is 6.54 Å². The zero-order chi connectivity index (χ0) is 12.1. The molecule has 2 aromatic rings. The van der Waals surface area contributed by atoms with Gasteiger partial charge in [-0.05, 0) is 30.7 Å². The van der Waals surface area contributed by atoms with Gasteiger partial charge in [-0.15, -0.1) is 0 Å². The topological polar surface area (TPSA) is 48.1 Å². The van der Waals surface area contributed by atoms with Crippen molar-refractivity contribution in [3.8, 4) is 11.6 Å². The maximum atomic E-state index is 12.9. The van der Waals surface area contributed by atoms with Gasteiger partial charge in [0.05, 0.1) is 0 Å². The van der Waals surface area contributed by atoms with E-state index in [0.717, 1.165) is 12.0 Å². The van der Waals surface area contributed by atoms with Gasteiger partial charge >= 0.3 is 0 Å². The molecular formula is C13H13FN2O. The highest BCUT2D eigenvalue weighted by atomic mass is 19.1.